The molecule has 1 aromatic carbocycles. The molecule has 0 N–H and O–H groups in total. The average Bonchev–Trinajstić information content (AvgIpc) is 2.94. The van der Waals surface area contributed by atoms with Crippen LogP contribution in [0.4, 0.5) is 0 Å². The quantitative estimate of drug-likeness (QED) is 0.633. The third-order valence-corrected chi connectivity index (χ3v) is 5.10. The van der Waals surface area contributed by atoms with Gasteiger partial charge in [0, 0.05) is 36.0 Å². The predicted molar refractivity (Wildman–Crippen MR) is 79.4 cm³/mol. The van der Waals surface area contributed by atoms with Crippen LogP contribution in [0.15, 0.2) is 29.2 Å². The molecule has 1 spiro atoms. The maximum absolute atomic E-state index is 12.8. The molecule has 3 rings (SSSR count). The second-order valence-electron chi connectivity index (χ2n) is 5.59. The SMILES string of the molecule is CSc1ccccc1C(=O)C1CCOC2(CCOC2)C1. The van der Waals surface area contributed by atoms with Gasteiger partial charge in [-0.25, -0.2) is 0 Å². The van der Waals surface area contributed by atoms with Crippen molar-refractivity contribution in [2.75, 3.05) is 26.1 Å². The van der Waals surface area contributed by atoms with E-state index in [1.165, 1.54) is 0 Å². The van der Waals surface area contributed by atoms with E-state index in [2.05, 4.69) is 0 Å². The van der Waals surface area contributed by atoms with Crippen LogP contribution in [0, 0.1) is 5.92 Å². The van der Waals surface area contributed by atoms with Gasteiger partial charge in [-0.15, -0.1) is 11.8 Å². The Hall–Kier alpha value is -0.840. The summed E-state index contributed by atoms with van der Waals surface area (Å²) in [6, 6.07) is 7.90. The van der Waals surface area contributed by atoms with Gasteiger partial charge in [-0.05, 0) is 25.2 Å². The molecule has 0 aliphatic carbocycles. The Bertz CT molecular complexity index is 494. The van der Waals surface area contributed by atoms with Crippen LogP contribution < -0.4 is 0 Å². The molecule has 2 fully saturated rings. The molecule has 0 bridgehead atoms. The molecule has 108 valence electrons. The molecule has 2 saturated heterocycles. The lowest BCUT2D eigenvalue weighted by molar-refractivity contribution is -0.0920. The molecule has 0 saturated carbocycles. The average molecular weight is 292 g/mol. The van der Waals surface area contributed by atoms with E-state index in [0.717, 1.165) is 36.3 Å². The molecule has 2 aliphatic rings. The maximum Gasteiger partial charge on any atom is 0.167 e. The Labute approximate surface area is 124 Å². The second-order valence-corrected chi connectivity index (χ2v) is 6.44. The summed E-state index contributed by atoms with van der Waals surface area (Å²) in [7, 11) is 0. The Morgan fingerprint density at radius 1 is 1.35 bits per heavy atom. The summed E-state index contributed by atoms with van der Waals surface area (Å²) in [6.45, 7) is 2.06. The Balaban J connectivity index is 1.79. The highest BCUT2D eigenvalue weighted by Gasteiger charge is 2.43. The van der Waals surface area contributed by atoms with Crippen molar-refractivity contribution in [1.82, 2.24) is 0 Å². The fraction of sp³-hybridized carbons (Fsp3) is 0.562. The molecule has 1 aromatic rings. The number of carbonyl (C=O) groups excluding carboxylic acids is 1. The van der Waals surface area contributed by atoms with Crippen molar-refractivity contribution in [3.63, 3.8) is 0 Å². The summed E-state index contributed by atoms with van der Waals surface area (Å²) in [5.41, 5.74) is 0.660. The van der Waals surface area contributed by atoms with Gasteiger partial charge in [0.15, 0.2) is 5.78 Å². The number of hydrogen-bond acceptors (Lipinski definition) is 4. The zero-order valence-electron chi connectivity index (χ0n) is 11.8. The van der Waals surface area contributed by atoms with Gasteiger partial charge < -0.3 is 9.47 Å². The molecular weight excluding hydrogens is 272 g/mol. The van der Waals surface area contributed by atoms with E-state index in [0.29, 0.717) is 13.2 Å². The van der Waals surface area contributed by atoms with Crippen molar-refractivity contribution in [2.45, 2.75) is 29.8 Å². The highest BCUT2D eigenvalue weighted by Crippen LogP contribution is 2.37. The first-order valence-electron chi connectivity index (χ1n) is 7.13. The molecule has 2 atom stereocenters. The van der Waals surface area contributed by atoms with Crippen LogP contribution in [-0.2, 0) is 9.47 Å². The van der Waals surface area contributed by atoms with Crippen molar-refractivity contribution in [3.05, 3.63) is 29.8 Å². The minimum absolute atomic E-state index is 0.0683. The number of carbonyl (C=O) groups is 1. The summed E-state index contributed by atoms with van der Waals surface area (Å²) >= 11 is 1.63. The summed E-state index contributed by atoms with van der Waals surface area (Å²) in [5.74, 6) is 0.336. The number of Topliss-reactive ketones (excluding diaryl/α,β-unsaturated/α-hetero) is 1. The second kappa shape index (κ2) is 5.88. The monoisotopic (exact) mass is 292 g/mol. The van der Waals surface area contributed by atoms with Gasteiger partial charge in [-0.2, -0.15) is 0 Å². The number of rotatable bonds is 3. The van der Waals surface area contributed by atoms with Crippen LogP contribution >= 0.6 is 11.8 Å². The highest BCUT2D eigenvalue weighted by molar-refractivity contribution is 7.98. The lowest BCUT2D eigenvalue weighted by atomic mass is 9.81. The highest BCUT2D eigenvalue weighted by atomic mass is 32.2. The fourth-order valence-corrected chi connectivity index (χ4v) is 3.79. The largest absolute Gasteiger partial charge is 0.378 e. The zero-order chi connectivity index (χ0) is 14.0. The van der Waals surface area contributed by atoms with Crippen LogP contribution in [0.3, 0.4) is 0 Å². The molecular formula is C16H20O3S. The fourth-order valence-electron chi connectivity index (χ4n) is 3.18. The minimum Gasteiger partial charge on any atom is -0.378 e. The van der Waals surface area contributed by atoms with Gasteiger partial charge in [-0.3, -0.25) is 4.79 Å². The van der Waals surface area contributed by atoms with Crippen molar-refractivity contribution in [1.29, 1.82) is 0 Å². The Morgan fingerprint density at radius 2 is 2.20 bits per heavy atom. The number of benzene rings is 1. The lowest BCUT2D eigenvalue weighted by Crippen LogP contribution is -2.42. The lowest BCUT2D eigenvalue weighted by Gasteiger charge is -2.36. The van der Waals surface area contributed by atoms with E-state index >= 15 is 0 Å². The van der Waals surface area contributed by atoms with Crippen LogP contribution in [0.25, 0.3) is 0 Å². The Morgan fingerprint density at radius 3 is 2.95 bits per heavy atom. The van der Waals surface area contributed by atoms with Gasteiger partial charge in [0.2, 0.25) is 0 Å². The van der Waals surface area contributed by atoms with Crippen LogP contribution in [-0.4, -0.2) is 37.5 Å². The summed E-state index contributed by atoms with van der Waals surface area (Å²) in [4.78, 5) is 13.9. The molecule has 2 heterocycles. The van der Waals surface area contributed by atoms with E-state index in [1.54, 1.807) is 11.8 Å². The van der Waals surface area contributed by atoms with Gasteiger partial charge in [-0.1, -0.05) is 18.2 Å². The third-order valence-electron chi connectivity index (χ3n) is 4.30. The maximum atomic E-state index is 12.8. The Kier molecular flexibility index (Phi) is 4.15. The molecule has 0 amide bonds. The van der Waals surface area contributed by atoms with Crippen LogP contribution in [0.1, 0.15) is 29.6 Å². The van der Waals surface area contributed by atoms with E-state index in [1.807, 2.05) is 30.5 Å². The first-order chi connectivity index (χ1) is 9.74. The van der Waals surface area contributed by atoms with Crippen molar-refractivity contribution < 1.29 is 14.3 Å². The minimum atomic E-state index is -0.202. The molecule has 2 aliphatic heterocycles. The molecule has 20 heavy (non-hydrogen) atoms. The number of ketones is 1. The predicted octanol–water partition coefficient (Wildman–Crippen LogP) is 3.18. The van der Waals surface area contributed by atoms with E-state index in [4.69, 9.17) is 9.47 Å². The zero-order valence-corrected chi connectivity index (χ0v) is 12.6. The first kappa shape index (κ1) is 14.1. The normalized spacial score (nSPS) is 29.8. The molecule has 3 nitrogen and oxygen atoms in total. The molecule has 0 aromatic heterocycles. The standard InChI is InChI=1S/C16H20O3S/c1-20-14-5-3-2-4-13(14)15(17)12-6-8-19-16(10-12)7-9-18-11-16/h2-5,12H,6-11H2,1H3. The van der Waals surface area contributed by atoms with E-state index in [-0.39, 0.29) is 17.3 Å². The van der Waals surface area contributed by atoms with E-state index < -0.39 is 0 Å². The van der Waals surface area contributed by atoms with E-state index in [9.17, 15) is 4.79 Å². The summed E-state index contributed by atoms with van der Waals surface area (Å²) in [6.07, 6.45) is 4.56. The van der Waals surface area contributed by atoms with Crippen molar-refractivity contribution >= 4 is 17.5 Å². The smallest absolute Gasteiger partial charge is 0.167 e. The van der Waals surface area contributed by atoms with Gasteiger partial charge in [0.05, 0.1) is 12.2 Å². The number of ether oxygens (including phenoxy) is 2. The number of thioether (sulfide) groups is 1. The van der Waals surface area contributed by atoms with Crippen LogP contribution in [0.5, 0.6) is 0 Å². The summed E-state index contributed by atoms with van der Waals surface area (Å²) < 4.78 is 11.4. The van der Waals surface area contributed by atoms with Crippen LogP contribution in [0.2, 0.25) is 0 Å². The number of hydrogen-bond donors (Lipinski definition) is 0. The van der Waals surface area contributed by atoms with Gasteiger partial charge >= 0.3 is 0 Å². The van der Waals surface area contributed by atoms with Crippen molar-refractivity contribution in [2.24, 2.45) is 5.92 Å². The molecule has 4 heteroatoms. The van der Waals surface area contributed by atoms with Gasteiger partial charge in [0.1, 0.15) is 0 Å². The van der Waals surface area contributed by atoms with Gasteiger partial charge in [0.25, 0.3) is 0 Å². The summed E-state index contributed by atoms with van der Waals surface area (Å²) in [5, 5.41) is 0. The first-order valence-corrected chi connectivity index (χ1v) is 8.35. The molecule has 0 radical (unpaired) electrons. The third kappa shape index (κ3) is 2.65. The van der Waals surface area contributed by atoms with Crippen molar-refractivity contribution in [3.8, 4) is 0 Å². The molecule has 2 unspecified atom stereocenters. The topological polar surface area (TPSA) is 35.5 Å².